The number of hydrogen-bond acceptors (Lipinski definition) is 4. The largest absolute Gasteiger partial charge is 0.371 e. The lowest BCUT2D eigenvalue weighted by atomic mass is 10.1. The first-order valence-electron chi connectivity index (χ1n) is 10.9. The molecule has 32 heavy (non-hydrogen) atoms. The minimum atomic E-state index is -0.334. The number of carbonyl (C=O) groups is 1. The van der Waals surface area contributed by atoms with Gasteiger partial charge < -0.3 is 14.5 Å². The molecule has 8 heteroatoms. The van der Waals surface area contributed by atoms with Crippen LogP contribution in [0.1, 0.15) is 26.0 Å². The predicted octanol–water partition coefficient (Wildman–Crippen LogP) is 4.43. The highest BCUT2D eigenvalue weighted by molar-refractivity contribution is 6.30. The van der Waals surface area contributed by atoms with Gasteiger partial charge in [-0.2, -0.15) is 0 Å². The number of amides is 2. The molecule has 1 saturated heterocycles. The molecule has 2 aromatic heterocycles. The number of fused-ring (bicyclic) bond motifs is 1. The molecule has 1 aromatic carbocycles. The summed E-state index contributed by atoms with van der Waals surface area (Å²) in [5.74, 6) is 0. The number of nitrogens with one attached hydrogen (secondary N) is 1. The molecular formula is C24H28ClN5O2. The van der Waals surface area contributed by atoms with Crippen molar-refractivity contribution in [3.63, 3.8) is 0 Å². The van der Waals surface area contributed by atoms with Crippen molar-refractivity contribution in [1.29, 1.82) is 0 Å². The maximum Gasteiger partial charge on any atom is 0.340 e. The molecule has 3 heterocycles. The summed E-state index contributed by atoms with van der Waals surface area (Å²) in [5.41, 5.74) is 4.10. The van der Waals surface area contributed by atoms with Gasteiger partial charge in [-0.1, -0.05) is 29.8 Å². The van der Waals surface area contributed by atoms with E-state index in [1.165, 1.54) is 6.21 Å². The van der Waals surface area contributed by atoms with Gasteiger partial charge in [-0.05, 0) is 44.5 Å². The number of carbonyl (C=O) groups excluding carboxylic acids is 1. The number of nitrogens with zero attached hydrogens (tertiary/aromatic N) is 4. The average molecular weight is 454 g/mol. The van der Waals surface area contributed by atoms with Crippen molar-refractivity contribution in [1.82, 2.24) is 19.6 Å². The van der Waals surface area contributed by atoms with E-state index in [1.54, 1.807) is 0 Å². The summed E-state index contributed by atoms with van der Waals surface area (Å²) in [6.45, 7) is 6.67. The molecule has 4 rings (SSSR count). The molecule has 0 radical (unpaired) electrons. The number of aromatic nitrogens is 2. The molecule has 7 nitrogen and oxygen atoms in total. The van der Waals surface area contributed by atoms with E-state index in [4.69, 9.17) is 21.3 Å². The molecule has 1 fully saturated rings. The minimum Gasteiger partial charge on any atom is -0.371 e. The van der Waals surface area contributed by atoms with E-state index in [0.29, 0.717) is 11.6 Å². The van der Waals surface area contributed by atoms with Crippen LogP contribution >= 0.6 is 11.6 Å². The Morgan fingerprint density at radius 1 is 1.31 bits per heavy atom. The van der Waals surface area contributed by atoms with Crippen LogP contribution in [-0.4, -0.2) is 58.4 Å². The Labute approximate surface area is 193 Å². The zero-order valence-corrected chi connectivity index (χ0v) is 19.1. The fourth-order valence-corrected chi connectivity index (χ4v) is 4.03. The third-order valence-corrected chi connectivity index (χ3v) is 5.63. The van der Waals surface area contributed by atoms with Crippen molar-refractivity contribution in [2.45, 2.75) is 39.0 Å². The molecule has 0 spiro atoms. The van der Waals surface area contributed by atoms with Gasteiger partial charge in [0.25, 0.3) is 0 Å². The molecule has 2 amide bonds. The molecule has 168 valence electrons. The van der Waals surface area contributed by atoms with Gasteiger partial charge in [0.05, 0.1) is 24.1 Å². The summed E-state index contributed by atoms with van der Waals surface area (Å²) in [7, 11) is 0. The topological polar surface area (TPSA) is 71.2 Å². The van der Waals surface area contributed by atoms with Crippen LogP contribution < -0.4 is 5.32 Å². The number of benzene rings is 1. The van der Waals surface area contributed by atoms with Crippen LogP contribution in [-0.2, 0) is 11.3 Å². The highest BCUT2D eigenvalue weighted by atomic mass is 35.5. The second kappa shape index (κ2) is 10.3. The van der Waals surface area contributed by atoms with E-state index < -0.39 is 0 Å². The monoisotopic (exact) mass is 453 g/mol. The van der Waals surface area contributed by atoms with Gasteiger partial charge in [0, 0.05) is 48.7 Å². The summed E-state index contributed by atoms with van der Waals surface area (Å²) in [6.07, 6.45) is 4.65. The highest BCUT2D eigenvalue weighted by Crippen LogP contribution is 2.28. The Kier molecular flexibility index (Phi) is 7.19. The van der Waals surface area contributed by atoms with Crippen LogP contribution in [0.2, 0.25) is 5.02 Å². The van der Waals surface area contributed by atoms with Gasteiger partial charge in [-0.25, -0.2) is 14.8 Å². The Morgan fingerprint density at radius 3 is 2.91 bits per heavy atom. The molecule has 1 unspecified atom stereocenters. The van der Waals surface area contributed by atoms with Gasteiger partial charge in [0.1, 0.15) is 5.65 Å². The van der Waals surface area contributed by atoms with Gasteiger partial charge in [-0.3, -0.25) is 4.90 Å². The standard InChI is InChI=1S/C24H28ClN5O2/c1-17(2)27-24(31)26-11-14-32-20-10-13-29(15-20)16-21-23(18-6-8-19(25)9-7-18)28-22-5-3-4-12-30(21)22/h3-9,11-12,17,20H,10,13-16H2,1-2H3,(H,27,31). The first kappa shape index (κ1) is 22.5. The smallest absolute Gasteiger partial charge is 0.340 e. The van der Waals surface area contributed by atoms with E-state index in [2.05, 4.69) is 25.8 Å². The number of aliphatic imine (C=N–C) groups is 1. The number of ether oxygens (including phenoxy) is 1. The van der Waals surface area contributed by atoms with E-state index in [0.717, 1.165) is 48.7 Å². The summed E-state index contributed by atoms with van der Waals surface area (Å²) in [4.78, 5) is 22.7. The minimum absolute atomic E-state index is 0.0707. The summed E-state index contributed by atoms with van der Waals surface area (Å²) in [6, 6.07) is 13.6. The Bertz CT molecular complexity index is 1090. The van der Waals surface area contributed by atoms with E-state index in [9.17, 15) is 4.79 Å². The third-order valence-electron chi connectivity index (χ3n) is 5.38. The van der Waals surface area contributed by atoms with Crippen LogP contribution in [0.25, 0.3) is 16.9 Å². The lowest BCUT2D eigenvalue weighted by Gasteiger charge is -2.17. The molecule has 0 bridgehead atoms. The zero-order valence-electron chi connectivity index (χ0n) is 18.4. The summed E-state index contributed by atoms with van der Waals surface area (Å²) >= 11 is 6.08. The predicted molar refractivity (Wildman–Crippen MR) is 127 cm³/mol. The first-order chi connectivity index (χ1) is 15.5. The molecule has 1 aliphatic rings. The summed E-state index contributed by atoms with van der Waals surface area (Å²) in [5, 5.41) is 3.44. The maximum absolute atomic E-state index is 11.6. The van der Waals surface area contributed by atoms with Gasteiger partial charge in [0.2, 0.25) is 0 Å². The van der Waals surface area contributed by atoms with Crippen molar-refractivity contribution >= 4 is 29.5 Å². The number of hydrogen-bond donors (Lipinski definition) is 1. The van der Waals surface area contributed by atoms with Gasteiger partial charge in [0.15, 0.2) is 0 Å². The first-order valence-corrected chi connectivity index (χ1v) is 11.3. The van der Waals surface area contributed by atoms with Crippen molar-refractivity contribution in [2.24, 2.45) is 4.99 Å². The van der Waals surface area contributed by atoms with Crippen LogP contribution in [0.4, 0.5) is 4.79 Å². The van der Waals surface area contributed by atoms with Gasteiger partial charge >= 0.3 is 6.03 Å². The number of rotatable bonds is 7. The lowest BCUT2D eigenvalue weighted by Crippen LogP contribution is -2.27. The SMILES string of the molecule is CC(C)NC(=O)N=CCOC1CCN(Cc2c(-c3ccc(Cl)cc3)nc3ccccn23)C1. The maximum atomic E-state index is 11.6. The fourth-order valence-electron chi connectivity index (χ4n) is 3.91. The second-order valence-electron chi connectivity index (χ2n) is 8.24. The number of urea groups is 1. The van der Waals surface area contributed by atoms with Crippen LogP contribution in [0, 0.1) is 0 Å². The van der Waals surface area contributed by atoms with E-state index in [-0.39, 0.29) is 18.2 Å². The Hall–Kier alpha value is -2.74. The van der Waals surface area contributed by atoms with Crippen LogP contribution in [0.3, 0.4) is 0 Å². The fraction of sp³-hybridized carbons (Fsp3) is 0.375. The van der Waals surface area contributed by atoms with Crippen molar-refractivity contribution < 1.29 is 9.53 Å². The van der Waals surface area contributed by atoms with Gasteiger partial charge in [-0.15, -0.1) is 0 Å². The molecule has 1 N–H and O–H groups in total. The second-order valence-corrected chi connectivity index (χ2v) is 8.67. The Balaban J connectivity index is 1.41. The average Bonchev–Trinajstić information content (AvgIpc) is 3.36. The molecule has 3 aromatic rings. The van der Waals surface area contributed by atoms with Crippen molar-refractivity contribution in [3.05, 3.63) is 59.4 Å². The van der Waals surface area contributed by atoms with Crippen molar-refractivity contribution in [3.8, 4) is 11.3 Å². The van der Waals surface area contributed by atoms with Crippen LogP contribution in [0.5, 0.6) is 0 Å². The normalized spacial score (nSPS) is 17.1. The van der Waals surface area contributed by atoms with Crippen LogP contribution in [0.15, 0.2) is 53.7 Å². The molecular weight excluding hydrogens is 426 g/mol. The van der Waals surface area contributed by atoms with E-state index in [1.807, 2.05) is 56.3 Å². The molecule has 0 aliphatic carbocycles. The highest BCUT2D eigenvalue weighted by Gasteiger charge is 2.25. The number of imidazole rings is 1. The van der Waals surface area contributed by atoms with E-state index >= 15 is 0 Å². The molecule has 1 atom stereocenters. The lowest BCUT2D eigenvalue weighted by molar-refractivity contribution is 0.0882. The number of likely N-dealkylation sites (tertiary alicyclic amines) is 1. The molecule has 0 saturated carbocycles. The number of pyridine rings is 1. The quantitative estimate of drug-likeness (QED) is 0.537. The summed E-state index contributed by atoms with van der Waals surface area (Å²) < 4.78 is 8.07. The third kappa shape index (κ3) is 5.54. The Morgan fingerprint density at radius 2 is 2.12 bits per heavy atom. The van der Waals surface area contributed by atoms with Crippen molar-refractivity contribution in [2.75, 3.05) is 19.7 Å². The number of halogens is 1. The zero-order chi connectivity index (χ0) is 22.5. The molecule has 1 aliphatic heterocycles.